The standard InChI is InChI=1S/C49H51ClF6N8O5/c1-60(2)46(65)43-41(50)38-26-61(18-6-20-64(38)59-43)45-34-27-68-39(21-36(34)57-47(58-45)69-28-48-17-5-19-63(48)25-31(22-48)44(52)53)40-35(49(54,55)56)15-16-37(42(40)51)62(23-29-7-11-32(66-3)12-8-29)24-30-9-13-33(67-4)14-10-30/h7-16,39H,5-6,17-28H2,1-4H3. The fourth-order valence-electron chi connectivity index (χ4n) is 9.93. The molecule has 20 heteroatoms. The SMILES string of the molecule is COc1ccc(CN(Cc2ccc(OC)cc2)c2ccc(C(F)(F)F)c(C3Cc4nc(OCC56CCCN5CC(=C(F)F)C6)nc(N5CCCn6nc(C(=O)N(C)C)c(Cl)c6C5)c4CO3)c2F)cc1. The van der Waals surface area contributed by atoms with Gasteiger partial charge < -0.3 is 33.6 Å². The van der Waals surface area contributed by atoms with Crippen LogP contribution in [0.5, 0.6) is 17.5 Å². The Morgan fingerprint density at radius 1 is 0.913 bits per heavy atom. The number of carbonyl (C=O) groups is 1. The van der Waals surface area contributed by atoms with Crippen molar-refractivity contribution in [1.82, 2.24) is 29.5 Å². The van der Waals surface area contributed by atoms with E-state index in [0.29, 0.717) is 61.1 Å². The smallest absolute Gasteiger partial charge is 0.416 e. The van der Waals surface area contributed by atoms with Crippen molar-refractivity contribution in [3.63, 3.8) is 0 Å². The molecule has 2 fully saturated rings. The Morgan fingerprint density at radius 3 is 2.22 bits per heavy atom. The molecule has 0 aliphatic carbocycles. The summed E-state index contributed by atoms with van der Waals surface area (Å²) < 4.78 is 116. The zero-order valence-electron chi connectivity index (χ0n) is 38.5. The van der Waals surface area contributed by atoms with Gasteiger partial charge in [0.25, 0.3) is 12.0 Å². The molecule has 9 rings (SSSR count). The number of aromatic nitrogens is 4. The molecule has 366 valence electrons. The van der Waals surface area contributed by atoms with Crippen molar-refractivity contribution in [2.45, 2.75) is 82.7 Å². The van der Waals surface area contributed by atoms with Crippen LogP contribution in [0.1, 0.15) is 81.5 Å². The highest BCUT2D eigenvalue weighted by molar-refractivity contribution is 6.34. The number of methoxy groups -OCH3 is 2. The van der Waals surface area contributed by atoms with Gasteiger partial charge in [0.05, 0.1) is 66.7 Å². The summed E-state index contributed by atoms with van der Waals surface area (Å²) in [6.45, 7) is 1.63. The normalized spacial score (nSPS) is 19.1. The number of fused-ring (bicyclic) bond motifs is 3. The van der Waals surface area contributed by atoms with E-state index in [2.05, 4.69) is 5.10 Å². The first-order chi connectivity index (χ1) is 33.0. The number of anilines is 2. The molecule has 69 heavy (non-hydrogen) atoms. The lowest BCUT2D eigenvalue weighted by Gasteiger charge is -2.33. The molecule has 5 aromatic rings. The lowest BCUT2D eigenvalue weighted by Crippen LogP contribution is -2.43. The molecule has 0 radical (unpaired) electrons. The van der Waals surface area contributed by atoms with E-state index in [1.807, 2.05) is 9.80 Å². The molecule has 0 saturated carbocycles. The van der Waals surface area contributed by atoms with Gasteiger partial charge in [0.2, 0.25) is 0 Å². The number of ether oxygens (including phenoxy) is 4. The number of halogens is 7. The van der Waals surface area contributed by atoms with Gasteiger partial charge in [0.1, 0.15) is 23.9 Å². The van der Waals surface area contributed by atoms with Gasteiger partial charge in [-0.15, -0.1) is 0 Å². The Labute approximate surface area is 400 Å². The van der Waals surface area contributed by atoms with Crippen molar-refractivity contribution < 1.29 is 50.1 Å². The molecule has 1 amide bonds. The summed E-state index contributed by atoms with van der Waals surface area (Å²) in [4.78, 5) is 29.6. The van der Waals surface area contributed by atoms with Gasteiger partial charge in [-0.2, -0.15) is 37.0 Å². The van der Waals surface area contributed by atoms with Crippen molar-refractivity contribution in [1.29, 1.82) is 0 Å². The first kappa shape index (κ1) is 48.0. The molecule has 13 nitrogen and oxygen atoms in total. The van der Waals surface area contributed by atoms with Gasteiger partial charge in [-0.25, -0.2) is 4.39 Å². The summed E-state index contributed by atoms with van der Waals surface area (Å²) in [6.07, 6.45) is -6.42. The van der Waals surface area contributed by atoms with Crippen LogP contribution in [0.4, 0.5) is 37.8 Å². The quantitative estimate of drug-likeness (QED) is 0.105. The third-order valence-corrected chi connectivity index (χ3v) is 13.9. The zero-order valence-corrected chi connectivity index (χ0v) is 39.3. The lowest BCUT2D eigenvalue weighted by molar-refractivity contribution is -0.140. The van der Waals surface area contributed by atoms with Crippen LogP contribution in [-0.4, -0.2) is 95.6 Å². The molecule has 4 aliphatic heterocycles. The number of carbonyl (C=O) groups excluding carboxylic acids is 1. The van der Waals surface area contributed by atoms with Gasteiger partial charge in [0, 0.05) is 69.9 Å². The van der Waals surface area contributed by atoms with E-state index < -0.39 is 40.8 Å². The van der Waals surface area contributed by atoms with E-state index in [1.165, 1.54) is 19.1 Å². The summed E-state index contributed by atoms with van der Waals surface area (Å²) in [6, 6.07) is 16.2. The van der Waals surface area contributed by atoms with Gasteiger partial charge in [-0.05, 0) is 79.8 Å². The van der Waals surface area contributed by atoms with Crippen molar-refractivity contribution >= 4 is 29.0 Å². The Balaban J connectivity index is 1.11. The second kappa shape index (κ2) is 19.4. The summed E-state index contributed by atoms with van der Waals surface area (Å²) in [7, 11) is 6.26. The average Bonchev–Trinajstić information content (AvgIpc) is 3.94. The topological polar surface area (TPSA) is 111 Å². The number of rotatable bonds is 13. The number of hydrogen-bond acceptors (Lipinski definition) is 11. The number of aryl methyl sites for hydroxylation is 1. The van der Waals surface area contributed by atoms with Gasteiger partial charge in [-0.1, -0.05) is 35.9 Å². The van der Waals surface area contributed by atoms with Crippen LogP contribution < -0.4 is 24.0 Å². The molecule has 2 aromatic heterocycles. The molecule has 2 saturated heterocycles. The summed E-state index contributed by atoms with van der Waals surface area (Å²) in [5, 5.41) is 4.70. The Morgan fingerprint density at radius 2 is 1.59 bits per heavy atom. The van der Waals surface area contributed by atoms with Crippen LogP contribution >= 0.6 is 11.6 Å². The number of benzene rings is 3. The van der Waals surface area contributed by atoms with Gasteiger partial charge in [0.15, 0.2) is 11.5 Å². The summed E-state index contributed by atoms with van der Waals surface area (Å²) >= 11 is 6.85. The van der Waals surface area contributed by atoms with Crippen molar-refractivity contribution in [2.24, 2.45) is 0 Å². The first-order valence-electron chi connectivity index (χ1n) is 22.6. The second-order valence-corrected chi connectivity index (χ2v) is 18.4. The van der Waals surface area contributed by atoms with E-state index in [0.717, 1.165) is 29.7 Å². The van der Waals surface area contributed by atoms with Crippen molar-refractivity contribution in [2.75, 3.05) is 64.4 Å². The third kappa shape index (κ3) is 9.64. The van der Waals surface area contributed by atoms with Crippen LogP contribution in [0, 0.1) is 5.82 Å². The van der Waals surface area contributed by atoms with Crippen molar-refractivity contribution in [3.05, 3.63) is 128 Å². The zero-order chi connectivity index (χ0) is 48.8. The molecular formula is C49H51ClF6N8O5. The molecular weight excluding hydrogens is 930 g/mol. The Kier molecular flexibility index (Phi) is 13.5. The highest BCUT2D eigenvalue weighted by Crippen LogP contribution is 2.46. The number of alkyl halides is 3. The predicted octanol–water partition coefficient (Wildman–Crippen LogP) is 9.40. The Hall–Kier alpha value is -6.05. The second-order valence-electron chi connectivity index (χ2n) is 18.1. The first-order valence-corrected chi connectivity index (χ1v) is 23.0. The minimum Gasteiger partial charge on any atom is -0.497 e. The fraction of sp³-hybridized carbons (Fsp3) is 0.429. The minimum atomic E-state index is -4.97. The van der Waals surface area contributed by atoms with Crippen LogP contribution in [0.15, 0.2) is 72.3 Å². The Bertz CT molecular complexity index is 2700. The molecule has 0 N–H and O–H groups in total. The molecule has 2 atom stereocenters. The van der Waals surface area contributed by atoms with Gasteiger partial charge in [-0.3, -0.25) is 14.4 Å². The highest BCUT2D eigenvalue weighted by Gasteiger charge is 2.49. The molecule has 0 spiro atoms. The van der Waals surface area contributed by atoms with Crippen LogP contribution in [0.2, 0.25) is 5.02 Å². The summed E-state index contributed by atoms with van der Waals surface area (Å²) in [5.74, 6) is 0.0760. The minimum absolute atomic E-state index is 0.0241. The van der Waals surface area contributed by atoms with Crippen LogP contribution in [0.25, 0.3) is 0 Å². The van der Waals surface area contributed by atoms with E-state index in [1.54, 1.807) is 72.2 Å². The lowest BCUT2D eigenvalue weighted by atomic mass is 9.93. The molecule has 0 bridgehead atoms. The van der Waals surface area contributed by atoms with E-state index in [4.69, 9.17) is 40.5 Å². The monoisotopic (exact) mass is 980 g/mol. The maximum atomic E-state index is 17.6. The maximum Gasteiger partial charge on any atom is 0.416 e. The third-order valence-electron chi connectivity index (χ3n) is 13.5. The molecule has 2 unspecified atom stereocenters. The number of hydrogen-bond donors (Lipinski definition) is 0. The number of amides is 1. The molecule has 4 aliphatic rings. The highest BCUT2D eigenvalue weighted by atomic mass is 35.5. The summed E-state index contributed by atoms with van der Waals surface area (Å²) in [5.41, 5.74) is 0.235. The number of nitrogens with zero attached hydrogens (tertiary/aromatic N) is 8. The maximum absolute atomic E-state index is 17.6. The molecule has 3 aromatic carbocycles. The molecule has 6 heterocycles. The largest absolute Gasteiger partial charge is 0.497 e. The van der Waals surface area contributed by atoms with Crippen molar-refractivity contribution in [3.8, 4) is 17.5 Å². The fourth-order valence-corrected chi connectivity index (χ4v) is 10.2. The predicted molar refractivity (Wildman–Crippen MR) is 244 cm³/mol. The average molecular weight is 981 g/mol. The van der Waals surface area contributed by atoms with Crippen LogP contribution in [0.3, 0.4) is 0 Å². The van der Waals surface area contributed by atoms with E-state index in [9.17, 15) is 13.6 Å². The van der Waals surface area contributed by atoms with Gasteiger partial charge >= 0.3 is 12.2 Å². The van der Waals surface area contributed by atoms with E-state index >= 15 is 17.6 Å². The van der Waals surface area contributed by atoms with Crippen LogP contribution in [-0.2, 0) is 50.1 Å². The van der Waals surface area contributed by atoms with E-state index in [-0.39, 0.29) is 91.8 Å².